The van der Waals surface area contributed by atoms with E-state index in [1.54, 1.807) is 0 Å². The van der Waals surface area contributed by atoms with Gasteiger partial charge in [0.25, 0.3) is 0 Å². The van der Waals surface area contributed by atoms with Crippen molar-refractivity contribution in [2.45, 2.75) is 38.3 Å². The van der Waals surface area contributed by atoms with Gasteiger partial charge in [-0.2, -0.15) is 0 Å². The normalized spacial score (nSPS) is 21.6. The molecule has 2 aliphatic heterocycles. The molecule has 0 radical (unpaired) electrons. The van der Waals surface area contributed by atoms with Crippen molar-refractivity contribution in [3.05, 3.63) is 95.6 Å². The molecule has 1 N–H and O–H groups in total. The van der Waals surface area contributed by atoms with Crippen molar-refractivity contribution in [1.29, 1.82) is 0 Å². The van der Waals surface area contributed by atoms with Gasteiger partial charge in [-0.15, -0.1) is 0 Å². The van der Waals surface area contributed by atoms with Crippen LogP contribution in [0.1, 0.15) is 37.0 Å². The fourth-order valence-electron chi connectivity index (χ4n) is 5.10. The van der Waals surface area contributed by atoms with E-state index in [4.69, 9.17) is 0 Å². The van der Waals surface area contributed by atoms with Crippen LogP contribution in [0.2, 0.25) is 0 Å². The van der Waals surface area contributed by atoms with E-state index in [1.165, 1.54) is 27.9 Å². The molecule has 0 aromatic heterocycles. The van der Waals surface area contributed by atoms with E-state index in [-0.39, 0.29) is 11.3 Å². The average Bonchev–Trinajstić information content (AvgIpc) is 2.96. The first-order valence-electron chi connectivity index (χ1n) is 11.0. The number of hydrogen-bond donors (Lipinski definition) is 1. The van der Waals surface area contributed by atoms with Crippen LogP contribution in [0.4, 0.5) is 5.69 Å². The number of amides is 1. The largest absolute Gasteiger partial charge is 0.344 e. The number of rotatable bonds is 3. The van der Waals surface area contributed by atoms with Gasteiger partial charge in [0.15, 0.2) is 0 Å². The predicted octanol–water partition coefficient (Wildman–Crippen LogP) is 5.69. The van der Waals surface area contributed by atoms with Gasteiger partial charge in [-0.25, -0.2) is 0 Å². The number of fused-ring (bicyclic) bond motifs is 3. The van der Waals surface area contributed by atoms with Crippen molar-refractivity contribution in [2.75, 3.05) is 11.4 Å². The molecular formula is C28H28N2O. The van der Waals surface area contributed by atoms with Gasteiger partial charge in [0, 0.05) is 24.1 Å². The van der Waals surface area contributed by atoms with E-state index in [1.807, 2.05) is 6.07 Å². The molecule has 156 valence electrons. The van der Waals surface area contributed by atoms with Crippen LogP contribution in [-0.2, 0) is 10.2 Å². The van der Waals surface area contributed by atoms with Gasteiger partial charge in [0.1, 0.15) is 5.66 Å². The summed E-state index contributed by atoms with van der Waals surface area (Å²) >= 11 is 0. The van der Waals surface area contributed by atoms with Crippen LogP contribution in [0.15, 0.2) is 78.9 Å². The van der Waals surface area contributed by atoms with Crippen LogP contribution in [-0.4, -0.2) is 18.1 Å². The summed E-state index contributed by atoms with van der Waals surface area (Å²) in [7, 11) is 0. The lowest BCUT2D eigenvalue weighted by Crippen LogP contribution is -2.68. The quantitative estimate of drug-likeness (QED) is 0.604. The standard InChI is InChI=1S/C28H28N2O/c1-20-9-14-25-24(19-20)27(2,3)28(29-26(31)16-18-30(25)28)17-15-21-10-12-23(13-11-21)22-7-5-4-6-8-22/h4-15,17,19H,16,18H2,1-3H3,(H,29,31)/t28-/m1/s1. The maximum absolute atomic E-state index is 12.6. The second-order valence-electron chi connectivity index (χ2n) is 9.18. The monoisotopic (exact) mass is 408 g/mol. The van der Waals surface area contributed by atoms with Crippen molar-refractivity contribution >= 4 is 17.7 Å². The predicted molar refractivity (Wildman–Crippen MR) is 128 cm³/mol. The average molecular weight is 409 g/mol. The van der Waals surface area contributed by atoms with Crippen molar-refractivity contribution in [3.63, 3.8) is 0 Å². The lowest BCUT2D eigenvalue weighted by atomic mass is 9.74. The molecule has 0 unspecified atom stereocenters. The Bertz CT molecular complexity index is 1160. The molecule has 5 rings (SSSR count). The van der Waals surface area contributed by atoms with Crippen LogP contribution >= 0.6 is 0 Å². The minimum Gasteiger partial charge on any atom is -0.344 e. The van der Waals surface area contributed by atoms with Gasteiger partial charge < -0.3 is 10.2 Å². The summed E-state index contributed by atoms with van der Waals surface area (Å²) < 4.78 is 0. The second-order valence-corrected chi connectivity index (χ2v) is 9.18. The van der Waals surface area contributed by atoms with E-state index < -0.39 is 5.66 Å². The maximum Gasteiger partial charge on any atom is 0.223 e. The minimum absolute atomic E-state index is 0.109. The number of aryl methyl sites for hydroxylation is 1. The Morgan fingerprint density at radius 1 is 0.935 bits per heavy atom. The van der Waals surface area contributed by atoms with Gasteiger partial charge in [0.2, 0.25) is 5.91 Å². The SMILES string of the molecule is Cc1ccc2c(c1)C(C)(C)[C@]1(C=Cc3ccc(-c4ccccc4)cc3)NC(=O)CCN21. The lowest BCUT2D eigenvalue weighted by Gasteiger charge is -2.49. The first kappa shape index (κ1) is 19.6. The molecule has 31 heavy (non-hydrogen) atoms. The van der Waals surface area contributed by atoms with Crippen molar-refractivity contribution < 1.29 is 4.79 Å². The summed E-state index contributed by atoms with van der Waals surface area (Å²) in [5, 5.41) is 3.36. The molecule has 1 fully saturated rings. The molecule has 0 bridgehead atoms. The number of carbonyl (C=O) groups is 1. The highest BCUT2D eigenvalue weighted by Crippen LogP contribution is 2.52. The van der Waals surface area contributed by atoms with Gasteiger partial charge >= 0.3 is 0 Å². The number of carbonyl (C=O) groups excluding carboxylic acids is 1. The first-order valence-corrected chi connectivity index (χ1v) is 11.0. The fourth-order valence-corrected chi connectivity index (χ4v) is 5.10. The molecule has 0 saturated carbocycles. The minimum atomic E-state index is -0.573. The summed E-state index contributed by atoms with van der Waals surface area (Å²) in [6.07, 6.45) is 4.86. The number of hydrogen-bond acceptors (Lipinski definition) is 2. The number of nitrogens with one attached hydrogen (secondary N) is 1. The van der Waals surface area contributed by atoms with Gasteiger partial charge in [0.05, 0.1) is 0 Å². The van der Waals surface area contributed by atoms with E-state index in [0.717, 1.165) is 12.1 Å². The fraction of sp³-hybridized carbons (Fsp3) is 0.250. The van der Waals surface area contributed by atoms with Gasteiger partial charge in [-0.1, -0.05) is 92.2 Å². The highest BCUT2D eigenvalue weighted by molar-refractivity contribution is 5.84. The molecule has 3 nitrogen and oxygen atoms in total. The van der Waals surface area contributed by atoms with E-state index >= 15 is 0 Å². The van der Waals surface area contributed by atoms with Crippen LogP contribution in [0.3, 0.4) is 0 Å². The first-order chi connectivity index (χ1) is 14.9. The summed E-state index contributed by atoms with van der Waals surface area (Å²) in [5.41, 5.74) is 6.46. The molecule has 1 saturated heterocycles. The number of anilines is 1. The second kappa shape index (κ2) is 7.12. The highest BCUT2D eigenvalue weighted by Gasteiger charge is 2.57. The van der Waals surface area contributed by atoms with Crippen LogP contribution < -0.4 is 10.2 Å². The third-order valence-corrected chi connectivity index (χ3v) is 6.92. The Morgan fingerprint density at radius 2 is 1.65 bits per heavy atom. The van der Waals surface area contributed by atoms with Crippen LogP contribution in [0.5, 0.6) is 0 Å². The Kier molecular flexibility index (Phi) is 4.51. The number of benzene rings is 3. The molecule has 0 aliphatic carbocycles. The van der Waals surface area contributed by atoms with Crippen molar-refractivity contribution in [2.24, 2.45) is 0 Å². The molecule has 3 aromatic rings. The molecule has 3 aromatic carbocycles. The molecule has 3 heteroatoms. The summed E-state index contributed by atoms with van der Waals surface area (Å²) in [5.74, 6) is 0.109. The Labute approximate surface area is 184 Å². The molecule has 2 aliphatic rings. The topological polar surface area (TPSA) is 32.3 Å². The summed E-state index contributed by atoms with van der Waals surface area (Å²) in [6.45, 7) is 7.32. The molecule has 1 atom stereocenters. The third-order valence-electron chi connectivity index (χ3n) is 6.92. The van der Waals surface area contributed by atoms with E-state index in [2.05, 4.69) is 110 Å². The lowest BCUT2D eigenvalue weighted by molar-refractivity contribution is -0.124. The van der Waals surface area contributed by atoms with E-state index in [0.29, 0.717) is 6.42 Å². The van der Waals surface area contributed by atoms with Crippen LogP contribution in [0, 0.1) is 6.92 Å². The molecular weight excluding hydrogens is 380 g/mol. The van der Waals surface area contributed by atoms with Gasteiger partial charge in [-0.3, -0.25) is 4.79 Å². The van der Waals surface area contributed by atoms with Crippen LogP contribution in [0.25, 0.3) is 17.2 Å². The Hall–Kier alpha value is -3.33. The zero-order valence-electron chi connectivity index (χ0n) is 18.4. The number of nitrogens with zero attached hydrogens (tertiary/aromatic N) is 1. The molecule has 1 amide bonds. The maximum atomic E-state index is 12.6. The smallest absolute Gasteiger partial charge is 0.223 e. The highest BCUT2D eigenvalue weighted by atomic mass is 16.2. The Balaban J connectivity index is 1.53. The Morgan fingerprint density at radius 3 is 2.39 bits per heavy atom. The molecule has 2 heterocycles. The molecule has 0 spiro atoms. The zero-order chi connectivity index (χ0) is 21.6. The third kappa shape index (κ3) is 3.07. The van der Waals surface area contributed by atoms with E-state index in [9.17, 15) is 4.79 Å². The van der Waals surface area contributed by atoms with Crippen molar-refractivity contribution in [1.82, 2.24) is 5.32 Å². The van der Waals surface area contributed by atoms with Crippen molar-refractivity contribution in [3.8, 4) is 11.1 Å². The summed E-state index contributed by atoms with van der Waals surface area (Å²) in [6, 6.07) is 25.6. The summed E-state index contributed by atoms with van der Waals surface area (Å²) in [4.78, 5) is 14.9. The zero-order valence-corrected chi connectivity index (χ0v) is 18.4. The van der Waals surface area contributed by atoms with Gasteiger partial charge in [-0.05, 0) is 41.3 Å².